The number of aryl methyl sites for hydroxylation is 1. The van der Waals surface area contributed by atoms with Crippen LogP contribution in [0.1, 0.15) is 28.8 Å². The van der Waals surface area contributed by atoms with E-state index in [-0.39, 0.29) is 25.1 Å². The van der Waals surface area contributed by atoms with E-state index in [2.05, 4.69) is 5.32 Å². The summed E-state index contributed by atoms with van der Waals surface area (Å²) in [6, 6.07) is 22.9. The zero-order chi connectivity index (χ0) is 26.5. The molecule has 2 amide bonds. The van der Waals surface area contributed by atoms with E-state index in [9.17, 15) is 14.0 Å². The molecule has 1 atom stereocenters. The smallest absolute Gasteiger partial charge is 0.254 e. The van der Waals surface area contributed by atoms with Gasteiger partial charge in [0.25, 0.3) is 5.91 Å². The Bertz CT molecular complexity index is 1410. The Hall–Kier alpha value is -4.30. The third kappa shape index (κ3) is 5.98. The SMILES string of the molecule is Cc1cccc(-n2cc(-c3ccccc3)nc2NC(=O)CN(CC2CCCO2)C(=O)c2ccc(F)cc2)c1. The summed E-state index contributed by atoms with van der Waals surface area (Å²) in [4.78, 5) is 32.8. The van der Waals surface area contributed by atoms with Crippen molar-refractivity contribution in [3.63, 3.8) is 0 Å². The van der Waals surface area contributed by atoms with Crippen molar-refractivity contribution in [1.29, 1.82) is 0 Å². The molecule has 1 saturated heterocycles. The van der Waals surface area contributed by atoms with E-state index in [1.165, 1.54) is 29.2 Å². The van der Waals surface area contributed by atoms with Crippen LogP contribution in [0.25, 0.3) is 16.9 Å². The van der Waals surface area contributed by atoms with Gasteiger partial charge in [0.2, 0.25) is 11.9 Å². The fourth-order valence-corrected chi connectivity index (χ4v) is 4.56. The summed E-state index contributed by atoms with van der Waals surface area (Å²) < 4.78 is 21.0. The second-order valence-electron chi connectivity index (χ2n) is 9.40. The molecule has 0 aliphatic carbocycles. The van der Waals surface area contributed by atoms with Gasteiger partial charge in [-0.2, -0.15) is 0 Å². The van der Waals surface area contributed by atoms with Crippen molar-refractivity contribution in [1.82, 2.24) is 14.5 Å². The van der Waals surface area contributed by atoms with E-state index in [0.29, 0.717) is 23.8 Å². The zero-order valence-electron chi connectivity index (χ0n) is 21.1. The number of aromatic nitrogens is 2. The molecule has 0 spiro atoms. The van der Waals surface area contributed by atoms with Crippen molar-refractivity contribution in [2.75, 3.05) is 25.0 Å². The molecule has 1 aliphatic heterocycles. The Labute approximate surface area is 220 Å². The normalized spacial score (nSPS) is 14.8. The topological polar surface area (TPSA) is 76.5 Å². The van der Waals surface area contributed by atoms with E-state index < -0.39 is 11.7 Å². The van der Waals surface area contributed by atoms with Gasteiger partial charge in [-0.1, -0.05) is 42.5 Å². The van der Waals surface area contributed by atoms with Crippen LogP contribution in [0.2, 0.25) is 0 Å². The van der Waals surface area contributed by atoms with Crippen molar-refractivity contribution in [3.05, 3.63) is 102 Å². The Kier molecular flexibility index (Phi) is 7.60. The molecule has 7 nitrogen and oxygen atoms in total. The minimum absolute atomic E-state index is 0.147. The summed E-state index contributed by atoms with van der Waals surface area (Å²) in [5.41, 5.74) is 3.86. The summed E-state index contributed by atoms with van der Waals surface area (Å²) in [7, 11) is 0. The van der Waals surface area contributed by atoms with Gasteiger partial charge >= 0.3 is 0 Å². The van der Waals surface area contributed by atoms with Crippen LogP contribution < -0.4 is 5.32 Å². The number of ether oxygens (including phenoxy) is 1. The second kappa shape index (κ2) is 11.4. The van der Waals surface area contributed by atoms with Crippen LogP contribution in [-0.4, -0.2) is 52.1 Å². The summed E-state index contributed by atoms with van der Waals surface area (Å²) >= 11 is 0. The predicted molar refractivity (Wildman–Crippen MR) is 144 cm³/mol. The van der Waals surface area contributed by atoms with Crippen LogP contribution in [0.3, 0.4) is 0 Å². The van der Waals surface area contributed by atoms with Crippen molar-refractivity contribution in [2.24, 2.45) is 0 Å². The molecule has 0 radical (unpaired) electrons. The number of rotatable bonds is 8. The molecule has 3 aromatic carbocycles. The molecule has 38 heavy (non-hydrogen) atoms. The van der Waals surface area contributed by atoms with Crippen LogP contribution in [0.15, 0.2) is 85.1 Å². The quantitative estimate of drug-likeness (QED) is 0.350. The van der Waals surface area contributed by atoms with E-state index >= 15 is 0 Å². The zero-order valence-corrected chi connectivity index (χ0v) is 21.1. The van der Waals surface area contributed by atoms with E-state index in [0.717, 1.165) is 29.7 Å². The number of benzene rings is 3. The van der Waals surface area contributed by atoms with Crippen molar-refractivity contribution < 1.29 is 18.7 Å². The number of hydrogen-bond acceptors (Lipinski definition) is 4. The molecule has 1 unspecified atom stereocenters. The molecule has 1 aromatic heterocycles. The molecular weight excluding hydrogens is 483 g/mol. The number of carbonyl (C=O) groups excluding carboxylic acids is 2. The molecule has 1 aliphatic rings. The number of imidazole rings is 1. The lowest BCUT2D eigenvalue weighted by molar-refractivity contribution is -0.117. The second-order valence-corrected chi connectivity index (χ2v) is 9.40. The predicted octanol–water partition coefficient (Wildman–Crippen LogP) is 5.25. The fraction of sp³-hybridized carbons (Fsp3) is 0.233. The molecule has 8 heteroatoms. The molecular formula is C30H29FN4O3. The molecule has 0 saturated carbocycles. The van der Waals surface area contributed by atoms with Crippen LogP contribution in [-0.2, 0) is 9.53 Å². The first kappa shape index (κ1) is 25.4. The van der Waals surface area contributed by atoms with Crippen LogP contribution in [0, 0.1) is 12.7 Å². The lowest BCUT2D eigenvalue weighted by Crippen LogP contribution is -2.42. The highest BCUT2D eigenvalue weighted by Crippen LogP contribution is 2.25. The highest BCUT2D eigenvalue weighted by Gasteiger charge is 2.26. The number of amides is 2. The minimum Gasteiger partial charge on any atom is -0.376 e. The molecule has 2 heterocycles. The van der Waals surface area contributed by atoms with Crippen molar-refractivity contribution in [2.45, 2.75) is 25.9 Å². The van der Waals surface area contributed by atoms with Gasteiger partial charge in [0.05, 0.1) is 11.8 Å². The molecule has 5 rings (SSSR count). The van der Waals surface area contributed by atoms with Gasteiger partial charge < -0.3 is 9.64 Å². The van der Waals surface area contributed by atoms with Gasteiger partial charge in [-0.15, -0.1) is 0 Å². The van der Waals surface area contributed by atoms with Crippen LogP contribution >= 0.6 is 0 Å². The molecule has 1 N–H and O–H groups in total. The van der Waals surface area contributed by atoms with Crippen LogP contribution in [0.5, 0.6) is 0 Å². The Morgan fingerprint density at radius 1 is 1.08 bits per heavy atom. The summed E-state index contributed by atoms with van der Waals surface area (Å²) in [5, 5.41) is 2.91. The van der Waals surface area contributed by atoms with Gasteiger partial charge in [0.1, 0.15) is 12.4 Å². The average Bonchev–Trinajstić information content (AvgIpc) is 3.59. The Balaban J connectivity index is 1.41. The summed E-state index contributed by atoms with van der Waals surface area (Å²) in [6.07, 6.45) is 3.46. The fourth-order valence-electron chi connectivity index (χ4n) is 4.56. The maximum atomic E-state index is 13.4. The highest BCUT2D eigenvalue weighted by atomic mass is 19.1. The van der Waals surface area contributed by atoms with Gasteiger partial charge in [-0.05, 0) is 61.7 Å². The van der Waals surface area contributed by atoms with E-state index in [4.69, 9.17) is 9.72 Å². The maximum absolute atomic E-state index is 13.4. The lowest BCUT2D eigenvalue weighted by atomic mass is 10.1. The number of nitrogens with zero attached hydrogens (tertiary/aromatic N) is 3. The van der Waals surface area contributed by atoms with Gasteiger partial charge in [-0.25, -0.2) is 9.37 Å². The van der Waals surface area contributed by atoms with Gasteiger partial charge in [0.15, 0.2) is 0 Å². The highest BCUT2D eigenvalue weighted by molar-refractivity contribution is 5.99. The maximum Gasteiger partial charge on any atom is 0.254 e. The Morgan fingerprint density at radius 3 is 2.58 bits per heavy atom. The number of carbonyl (C=O) groups is 2. The number of nitrogens with one attached hydrogen (secondary N) is 1. The first-order chi connectivity index (χ1) is 18.5. The third-order valence-corrected chi connectivity index (χ3v) is 6.47. The minimum atomic E-state index is -0.429. The first-order valence-electron chi connectivity index (χ1n) is 12.6. The first-order valence-corrected chi connectivity index (χ1v) is 12.6. The number of halogens is 1. The summed E-state index contributed by atoms with van der Waals surface area (Å²) in [6.45, 7) is 2.70. The standard InChI is InChI=1S/C30H29FN4O3/c1-21-7-5-10-25(17-21)35-19-27(22-8-3-2-4-9-22)32-30(35)33-28(36)20-34(18-26-11-6-16-38-26)29(37)23-12-14-24(31)15-13-23/h2-5,7-10,12-15,17,19,26H,6,11,16,18,20H2,1H3,(H,32,33,36). The average molecular weight is 513 g/mol. The van der Waals surface area contributed by atoms with Crippen molar-refractivity contribution >= 4 is 17.8 Å². The van der Waals surface area contributed by atoms with Crippen LogP contribution in [0.4, 0.5) is 10.3 Å². The number of hydrogen-bond donors (Lipinski definition) is 1. The van der Waals surface area contributed by atoms with Gasteiger partial charge in [0, 0.05) is 36.2 Å². The molecule has 1 fully saturated rings. The largest absolute Gasteiger partial charge is 0.376 e. The monoisotopic (exact) mass is 512 g/mol. The number of anilines is 1. The molecule has 4 aromatic rings. The molecule has 0 bridgehead atoms. The third-order valence-electron chi connectivity index (χ3n) is 6.47. The molecule has 194 valence electrons. The van der Waals surface area contributed by atoms with E-state index in [1.807, 2.05) is 72.3 Å². The van der Waals surface area contributed by atoms with Gasteiger partial charge in [-0.3, -0.25) is 19.5 Å². The summed E-state index contributed by atoms with van der Waals surface area (Å²) in [5.74, 6) is -0.826. The lowest BCUT2D eigenvalue weighted by Gasteiger charge is -2.25. The Morgan fingerprint density at radius 2 is 1.87 bits per heavy atom. The van der Waals surface area contributed by atoms with Crippen molar-refractivity contribution in [3.8, 4) is 16.9 Å². The van der Waals surface area contributed by atoms with E-state index in [1.54, 1.807) is 0 Å².